The third-order valence-electron chi connectivity index (χ3n) is 5.76. The van der Waals surface area contributed by atoms with Crippen LogP contribution in [0.25, 0.3) is 28.5 Å². The van der Waals surface area contributed by atoms with Crippen LogP contribution >= 0.6 is 11.3 Å². The number of hydrogen-bond acceptors (Lipinski definition) is 4. The number of amides is 1. The zero-order valence-electron chi connectivity index (χ0n) is 17.8. The number of thiazole rings is 1. The fourth-order valence-corrected chi connectivity index (χ4v) is 4.77. The third-order valence-corrected chi connectivity index (χ3v) is 6.43. The molecule has 0 aliphatic heterocycles. The summed E-state index contributed by atoms with van der Waals surface area (Å²) in [7, 11) is 0. The number of carbonyl (C=O) groups is 1. The molecule has 1 aliphatic carbocycles. The van der Waals surface area contributed by atoms with Gasteiger partial charge in [0, 0.05) is 17.8 Å². The van der Waals surface area contributed by atoms with E-state index in [4.69, 9.17) is 4.74 Å². The lowest BCUT2D eigenvalue weighted by atomic mass is 9.98. The van der Waals surface area contributed by atoms with Gasteiger partial charge < -0.3 is 15.0 Å². The van der Waals surface area contributed by atoms with Gasteiger partial charge in [-0.3, -0.25) is 4.79 Å². The second kappa shape index (κ2) is 9.30. The summed E-state index contributed by atoms with van der Waals surface area (Å²) < 4.78 is 5.55. The highest BCUT2D eigenvalue weighted by molar-refractivity contribution is 7.07. The molecule has 33 heavy (non-hydrogen) atoms. The summed E-state index contributed by atoms with van der Waals surface area (Å²) in [5.41, 5.74) is 7.59. The second-order valence-electron chi connectivity index (χ2n) is 7.79. The minimum atomic E-state index is -0.432. The standard InChI is InChI=1S/C27H22N2O3S/c30-26(28-15-5-6-18-11-13-19(14-12-18)25-17-33-27(31)29-25)32-16-24-22-9-3-1-7-20(22)21-8-2-4-10-23(21)24/h1-14,17,24H,15-16H2,(H,28,30)(H,29,31). The summed E-state index contributed by atoms with van der Waals surface area (Å²) in [5.74, 6) is 0.0513. The van der Waals surface area contributed by atoms with Crippen LogP contribution in [0.4, 0.5) is 4.79 Å². The van der Waals surface area contributed by atoms with E-state index in [1.807, 2.05) is 66.1 Å². The van der Waals surface area contributed by atoms with Gasteiger partial charge >= 0.3 is 11.0 Å². The first-order chi connectivity index (χ1) is 16.2. The summed E-state index contributed by atoms with van der Waals surface area (Å²) in [6.07, 6.45) is 3.38. The maximum Gasteiger partial charge on any atom is 0.407 e. The topological polar surface area (TPSA) is 71.2 Å². The molecular formula is C27H22N2O3S. The predicted octanol–water partition coefficient (Wildman–Crippen LogP) is 5.66. The monoisotopic (exact) mass is 454 g/mol. The van der Waals surface area contributed by atoms with Crippen molar-refractivity contribution in [3.05, 3.63) is 111 Å². The first kappa shape index (κ1) is 21.0. The number of hydrogen-bond donors (Lipinski definition) is 2. The molecule has 5 rings (SSSR count). The van der Waals surface area contributed by atoms with Crippen LogP contribution in [0.1, 0.15) is 22.6 Å². The van der Waals surface area contributed by atoms with Crippen LogP contribution in [-0.2, 0) is 4.74 Å². The van der Waals surface area contributed by atoms with E-state index in [2.05, 4.69) is 34.6 Å². The molecule has 0 fully saturated rings. The maximum absolute atomic E-state index is 12.2. The summed E-state index contributed by atoms with van der Waals surface area (Å²) in [6.45, 7) is 0.673. The Morgan fingerprint density at radius 2 is 1.64 bits per heavy atom. The summed E-state index contributed by atoms with van der Waals surface area (Å²) in [6, 6.07) is 24.4. The Morgan fingerprint density at radius 3 is 2.27 bits per heavy atom. The van der Waals surface area contributed by atoms with Crippen molar-refractivity contribution in [2.24, 2.45) is 0 Å². The molecule has 2 N–H and O–H groups in total. The van der Waals surface area contributed by atoms with E-state index in [-0.39, 0.29) is 10.8 Å². The second-order valence-corrected chi connectivity index (χ2v) is 8.63. The van der Waals surface area contributed by atoms with Crippen LogP contribution in [0.15, 0.2) is 89.0 Å². The molecule has 0 atom stereocenters. The van der Waals surface area contributed by atoms with Gasteiger partial charge in [-0.2, -0.15) is 0 Å². The van der Waals surface area contributed by atoms with Gasteiger partial charge in [0.15, 0.2) is 0 Å². The first-order valence-corrected chi connectivity index (χ1v) is 11.6. The zero-order chi connectivity index (χ0) is 22.6. The summed E-state index contributed by atoms with van der Waals surface area (Å²) in [4.78, 5) is 26.3. The van der Waals surface area contributed by atoms with Crippen molar-refractivity contribution in [2.45, 2.75) is 5.92 Å². The number of H-pyrrole nitrogens is 1. The Labute approximate surface area is 195 Å². The van der Waals surface area contributed by atoms with E-state index in [9.17, 15) is 9.59 Å². The number of benzene rings is 3. The zero-order valence-corrected chi connectivity index (χ0v) is 18.6. The van der Waals surface area contributed by atoms with Gasteiger partial charge in [0.05, 0.1) is 5.69 Å². The summed E-state index contributed by atoms with van der Waals surface area (Å²) in [5, 5.41) is 4.59. The Hall–Kier alpha value is -3.90. The number of fused-ring (bicyclic) bond motifs is 3. The Kier molecular flexibility index (Phi) is 5.91. The van der Waals surface area contributed by atoms with Gasteiger partial charge in [-0.1, -0.05) is 96.3 Å². The number of ether oxygens (including phenoxy) is 1. The number of aromatic amines is 1. The van der Waals surface area contributed by atoms with Crippen molar-refractivity contribution in [1.29, 1.82) is 0 Å². The normalized spacial score (nSPS) is 12.5. The van der Waals surface area contributed by atoms with Crippen molar-refractivity contribution in [3.63, 3.8) is 0 Å². The molecule has 5 nitrogen and oxygen atoms in total. The van der Waals surface area contributed by atoms with Gasteiger partial charge in [-0.25, -0.2) is 4.79 Å². The highest BCUT2D eigenvalue weighted by atomic mass is 32.1. The third kappa shape index (κ3) is 4.52. The van der Waals surface area contributed by atoms with Crippen molar-refractivity contribution < 1.29 is 9.53 Å². The first-order valence-electron chi connectivity index (χ1n) is 10.7. The highest BCUT2D eigenvalue weighted by Gasteiger charge is 2.28. The average molecular weight is 455 g/mol. The Balaban J connectivity index is 1.14. The molecule has 1 aliphatic rings. The molecular weight excluding hydrogens is 432 g/mol. The van der Waals surface area contributed by atoms with Crippen molar-refractivity contribution in [1.82, 2.24) is 10.3 Å². The fraction of sp³-hybridized carbons (Fsp3) is 0.111. The molecule has 164 valence electrons. The number of nitrogens with one attached hydrogen (secondary N) is 2. The smallest absolute Gasteiger partial charge is 0.407 e. The van der Waals surface area contributed by atoms with E-state index < -0.39 is 6.09 Å². The molecule has 6 heteroatoms. The van der Waals surface area contributed by atoms with Gasteiger partial charge in [-0.05, 0) is 33.4 Å². The quantitative estimate of drug-likeness (QED) is 0.395. The molecule has 3 aromatic carbocycles. The molecule has 0 radical (unpaired) electrons. The molecule has 1 aromatic heterocycles. The fourth-order valence-electron chi connectivity index (χ4n) is 4.18. The van der Waals surface area contributed by atoms with Gasteiger partial charge in [0.25, 0.3) is 0 Å². The van der Waals surface area contributed by atoms with E-state index >= 15 is 0 Å². The number of rotatable bonds is 6. The number of carbonyl (C=O) groups excluding carboxylic acids is 1. The average Bonchev–Trinajstić information content (AvgIpc) is 3.42. The molecule has 0 spiro atoms. The van der Waals surface area contributed by atoms with Crippen LogP contribution in [0.2, 0.25) is 0 Å². The molecule has 0 unspecified atom stereocenters. The molecule has 1 heterocycles. The molecule has 1 amide bonds. The lowest BCUT2D eigenvalue weighted by Crippen LogP contribution is -2.26. The van der Waals surface area contributed by atoms with E-state index in [0.29, 0.717) is 13.2 Å². The SMILES string of the molecule is O=C(NCC=Cc1ccc(-c2csc(=O)[nH]2)cc1)OCC1c2ccccc2-c2ccccc21. The van der Waals surface area contributed by atoms with Crippen LogP contribution in [0.3, 0.4) is 0 Å². The molecule has 0 saturated heterocycles. The van der Waals surface area contributed by atoms with Crippen molar-refractivity contribution >= 4 is 23.5 Å². The number of alkyl carbamates (subject to hydrolysis) is 1. The van der Waals surface area contributed by atoms with Crippen LogP contribution in [0, 0.1) is 0 Å². The lowest BCUT2D eigenvalue weighted by molar-refractivity contribution is 0.144. The van der Waals surface area contributed by atoms with E-state index in [0.717, 1.165) is 28.2 Å². The molecule has 4 aromatic rings. The Morgan fingerprint density at radius 1 is 0.970 bits per heavy atom. The van der Waals surface area contributed by atoms with E-state index in [1.54, 1.807) is 0 Å². The van der Waals surface area contributed by atoms with Crippen LogP contribution in [-0.4, -0.2) is 24.2 Å². The minimum absolute atomic E-state index is 0.0513. The Bertz CT molecular complexity index is 1320. The van der Waals surface area contributed by atoms with Crippen molar-refractivity contribution in [3.8, 4) is 22.4 Å². The minimum Gasteiger partial charge on any atom is -0.449 e. The van der Waals surface area contributed by atoms with Crippen molar-refractivity contribution in [2.75, 3.05) is 13.2 Å². The highest BCUT2D eigenvalue weighted by Crippen LogP contribution is 2.44. The maximum atomic E-state index is 12.2. The van der Waals surface area contributed by atoms with E-state index in [1.165, 1.54) is 22.3 Å². The van der Waals surface area contributed by atoms with Gasteiger partial charge in [-0.15, -0.1) is 0 Å². The molecule has 0 saturated carbocycles. The lowest BCUT2D eigenvalue weighted by Gasteiger charge is -2.14. The van der Waals surface area contributed by atoms with Crippen LogP contribution < -0.4 is 10.2 Å². The molecule has 0 bridgehead atoms. The van der Waals surface area contributed by atoms with Gasteiger partial charge in [0.1, 0.15) is 6.61 Å². The van der Waals surface area contributed by atoms with Crippen LogP contribution in [0.5, 0.6) is 0 Å². The summed E-state index contributed by atoms with van der Waals surface area (Å²) >= 11 is 1.15. The number of aromatic nitrogens is 1. The van der Waals surface area contributed by atoms with Gasteiger partial charge in [0.2, 0.25) is 0 Å². The largest absolute Gasteiger partial charge is 0.449 e. The predicted molar refractivity (Wildman–Crippen MR) is 132 cm³/mol.